The van der Waals surface area contributed by atoms with Gasteiger partial charge in [-0.1, -0.05) is 37.6 Å². The molecule has 2 fully saturated rings. The zero-order valence-corrected chi connectivity index (χ0v) is 24.8. The molecule has 0 bridgehead atoms. The Morgan fingerprint density at radius 3 is 2.59 bits per heavy atom. The second-order valence-corrected chi connectivity index (χ2v) is 14.0. The summed E-state index contributed by atoms with van der Waals surface area (Å²) in [6.07, 6.45) is 16.4. The summed E-state index contributed by atoms with van der Waals surface area (Å²) in [6.45, 7) is 11.2. The van der Waals surface area contributed by atoms with Gasteiger partial charge in [0, 0.05) is 31.4 Å². The predicted molar refractivity (Wildman–Crippen MR) is 155 cm³/mol. The van der Waals surface area contributed by atoms with Gasteiger partial charge in [0.15, 0.2) is 0 Å². The maximum Gasteiger partial charge on any atom is 0.325 e. The van der Waals surface area contributed by atoms with E-state index >= 15 is 0 Å². The third kappa shape index (κ3) is 5.46. The van der Waals surface area contributed by atoms with E-state index < -0.39 is 0 Å². The van der Waals surface area contributed by atoms with E-state index in [1.165, 1.54) is 40.9 Å². The van der Waals surface area contributed by atoms with E-state index in [1.807, 2.05) is 33.2 Å². The van der Waals surface area contributed by atoms with Crippen molar-refractivity contribution in [3.05, 3.63) is 47.8 Å². The predicted octanol–water partition coefficient (Wildman–Crippen LogP) is 5.80. The van der Waals surface area contributed by atoms with Crippen molar-refractivity contribution in [1.29, 1.82) is 0 Å². The first-order chi connectivity index (χ1) is 18.4. The lowest BCUT2D eigenvalue weighted by atomic mass is 9.47. The number of nitrogens with zero attached hydrogens (tertiary/aromatic N) is 2. The molecule has 1 N–H and O–H groups in total. The van der Waals surface area contributed by atoms with Crippen LogP contribution in [0.2, 0.25) is 0 Å². The highest BCUT2D eigenvalue weighted by Gasteiger charge is 2.57. The summed E-state index contributed by atoms with van der Waals surface area (Å²) in [4.78, 5) is 31.0. The molecule has 0 spiro atoms. The van der Waals surface area contributed by atoms with Crippen molar-refractivity contribution < 1.29 is 14.3 Å². The maximum absolute atomic E-state index is 12.7. The van der Waals surface area contributed by atoms with Gasteiger partial charge < -0.3 is 15.0 Å². The fourth-order valence-electron chi connectivity index (χ4n) is 8.25. The van der Waals surface area contributed by atoms with E-state index in [-0.39, 0.29) is 47.4 Å². The van der Waals surface area contributed by atoms with Gasteiger partial charge in [0.2, 0.25) is 5.91 Å². The monoisotopic (exact) mass is 533 g/mol. The van der Waals surface area contributed by atoms with Crippen LogP contribution in [0.25, 0.3) is 5.57 Å². The summed E-state index contributed by atoms with van der Waals surface area (Å²) in [7, 11) is 1.67. The van der Waals surface area contributed by atoms with Gasteiger partial charge in [-0.25, -0.2) is 0 Å². The van der Waals surface area contributed by atoms with E-state index in [0.717, 1.165) is 25.7 Å². The van der Waals surface area contributed by atoms with Gasteiger partial charge in [0.25, 0.3) is 0 Å². The third-order valence-corrected chi connectivity index (χ3v) is 10.5. The highest BCUT2D eigenvalue weighted by atomic mass is 16.5. The van der Waals surface area contributed by atoms with Gasteiger partial charge in [-0.15, -0.1) is 0 Å². The number of fused-ring (bicyclic) bond motifs is 5. The number of pyridine rings is 1. The molecular formula is C33H47N3O3. The van der Waals surface area contributed by atoms with Crippen molar-refractivity contribution in [3.63, 3.8) is 0 Å². The lowest BCUT2D eigenvalue weighted by molar-refractivity contribution is -0.155. The minimum atomic E-state index is -0.308. The van der Waals surface area contributed by atoms with Gasteiger partial charge in [-0.3, -0.25) is 14.6 Å². The Labute approximate surface area is 234 Å². The van der Waals surface area contributed by atoms with Crippen LogP contribution in [-0.2, 0) is 14.3 Å². The van der Waals surface area contributed by atoms with Gasteiger partial charge in [0.1, 0.15) is 12.6 Å². The first-order valence-corrected chi connectivity index (χ1v) is 14.9. The number of likely N-dealkylation sites (N-methyl/N-ethyl adjacent to an activating group) is 1. The molecule has 0 radical (unpaired) electrons. The van der Waals surface area contributed by atoms with Crippen LogP contribution in [0.1, 0.15) is 85.1 Å². The molecule has 1 aromatic heterocycles. The molecule has 212 valence electrons. The average Bonchev–Trinajstić information content (AvgIpc) is 3.24. The van der Waals surface area contributed by atoms with E-state index in [2.05, 4.69) is 48.4 Å². The molecule has 0 aromatic carbocycles. The second-order valence-electron chi connectivity index (χ2n) is 14.0. The summed E-state index contributed by atoms with van der Waals surface area (Å²) in [5.41, 5.74) is 4.56. The quantitative estimate of drug-likeness (QED) is 0.370. The van der Waals surface area contributed by atoms with Crippen molar-refractivity contribution in [2.24, 2.45) is 28.6 Å². The summed E-state index contributed by atoms with van der Waals surface area (Å²) >= 11 is 0. The number of carbonyl (C=O) groups is 2. The Balaban J connectivity index is 1.20. The molecule has 39 heavy (non-hydrogen) atoms. The summed E-state index contributed by atoms with van der Waals surface area (Å²) in [6, 6.07) is 4.28. The third-order valence-electron chi connectivity index (χ3n) is 10.5. The number of carbonyl (C=O) groups excluding carboxylic acids is 2. The molecule has 4 aliphatic rings. The van der Waals surface area contributed by atoms with Crippen molar-refractivity contribution in [1.82, 2.24) is 15.2 Å². The molecule has 0 aliphatic heterocycles. The molecule has 4 aliphatic carbocycles. The highest BCUT2D eigenvalue weighted by molar-refractivity contribution is 5.83. The van der Waals surface area contributed by atoms with Crippen molar-refractivity contribution in [2.45, 2.75) is 91.2 Å². The lowest BCUT2D eigenvalue weighted by Gasteiger charge is -2.57. The number of esters is 1. The Bertz CT molecular complexity index is 1150. The van der Waals surface area contributed by atoms with Crippen molar-refractivity contribution in [3.8, 4) is 0 Å². The van der Waals surface area contributed by atoms with Crippen LogP contribution in [0, 0.1) is 28.6 Å². The Morgan fingerprint density at radius 2 is 1.87 bits per heavy atom. The van der Waals surface area contributed by atoms with Gasteiger partial charge >= 0.3 is 5.97 Å². The standard InChI is InChI=1S/C33H47N3O3/c1-31(2,3)35-20-29(37)36(6)21-30(38)39-24-13-15-32(4)23(18-24)9-10-25-27-12-11-26(22-8-7-17-34-19-22)33(27,5)16-14-28(25)32/h7-9,11,17,19,24-25,27-28,35H,10,12-16,18,20-21H2,1-6H3. The fourth-order valence-corrected chi connectivity index (χ4v) is 8.25. The number of aromatic nitrogens is 1. The number of hydrogen-bond acceptors (Lipinski definition) is 5. The Morgan fingerprint density at radius 1 is 1.10 bits per heavy atom. The molecule has 6 unspecified atom stereocenters. The van der Waals surface area contributed by atoms with Gasteiger partial charge in [-0.05, 0) is 105 Å². The molecular weight excluding hydrogens is 486 g/mol. The summed E-state index contributed by atoms with van der Waals surface area (Å²) in [5, 5.41) is 3.19. The number of ether oxygens (including phenoxy) is 1. The fraction of sp³-hybridized carbons (Fsp3) is 0.667. The van der Waals surface area contributed by atoms with Gasteiger partial charge in [0.05, 0.1) is 6.54 Å². The lowest BCUT2D eigenvalue weighted by Crippen LogP contribution is -2.50. The van der Waals surface area contributed by atoms with E-state index in [0.29, 0.717) is 17.8 Å². The molecule has 6 heteroatoms. The van der Waals surface area contributed by atoms with E-state index in [4.69, 9.17) is 4.74 Å². The zero-order valence-electron chi connectivity index (χ0n) is 24.8. The molecule has 6 atom stereocenters. The highest BCUT2D eigenvalue weighted by Crippen LogP contribution is 2.66. The Kier molecular flexibility index (Phi) is 7.56. The summed E-state index contributed by atoms with van der Waals surface area (Å²) in [5.74, 6) is 1.66. The van der Waals surface area contributed by atoms with Crippen LogP contribution >= 0.6 is 0 Å². The number of rotatable bonds is 6. The number of hydrogen-bond donors (Lipinski definition) is 1. The normalized spacial score (nSPS) is 33.7. The van der Waals surface area contributed by atoms with Crippen molar-refractivity contribution >= 4 is 17.4 Å². The van der Waals surface area contributed by atoms with Crippen LogP contribution in [0.4, 0.5) is 0 Å². The zero-order chi connectivity index (χ0) is 28.0. The molecule has 2 saturated carbocycles. The molecule has 1 amide bonds. The molecule has 5 rings (SSSR count). The SMILES string of the molecule is CN(CC(=O)OC1CCC2(C)C(=CCC3C2CCC2(C)C(c4cccnc4)=CCC32)C1)C(=O)CNC(C)(C)C. The van der Waals surface area contributed by atoms with Crippen molar-refractivity contribution in [2.75, 3.05) is 20.1 Å². The molecule has 1 heterocycles. The van der Waals surface area contributed by atoms with E-state index in [1.54, 1.807) is 7.05 Å². The number of allylic oxidation sites excluding steroid dienone is 3. The average molecular weight is 534 g/mol. The topological polar surface area (TPSA) is 71.5 Å². The van der Waals surface area contributed by atoms with Crippen LogP contribution in [-0.4, -0.2) is 53.5 Å². The minimum absolute atomic E-state index is 0.00526. The number of nitrogens with one attached hydrogen (secondary N) is 1. The van der Waals surface area contributed by atoms with Crippen LogP contribution in [0.5, 0.6) is 0 Å². The molecule has 6 nitrogen and oxygen atoms in total. The smallest absolute Gasteiger partial charge is 0.325 e. The molecule has 0 saturated heterocycles. The maximum atomic E-state index is 12.7. The van der Waals surface area contributed by atoms with E-state index in [9.17, 15) is 9.59 Å². The van der Waals surface area contributed by atoms with Crippen LogP contribution < -0.4 is 5.32 Å². The number of amides is 1. The largest absolute Gasteiger partial charge is 0.461 e. The second kappa shape index (κ2) is 10.5. The van der Waals surface area contributed by atoms with Gasteiger partial charge in [-0.2, -0.15) is 0 Å². The minimum Gasteiger partial charge on any atom is -0.461 e. The first-order valence-electron chi connectivity index (χ1n) is 14.9. The Hall–Kier alpha value is -2.47. The van der Waals surface area contributed by atoms with Crippen LogP contribution in [0.3, 0.4) is 0 Å². The van der Waals surface area contributed by atoms with Crippen LogP contribution in [0.15, 0.2) is 42.3 Å². The first kappa shape index (κ1) is 28.1. The molecule has 1 aromatic rings. The summed E-state index contributed by atoms with van der Waals surface area (Å²) < 4.78 is 5.93.